The summed E-state index contributed by atoms with van der Waals surface area (Å²) in [4.78, 5) is 25.2. The molecule has 1 amide bonds. The first-order valence-electron chi connectivity index (χ1n) is 10.7. The van der Waals surface area contributed by atoms with Gasteiger partial charge in [0.1, 0.15) is 5.75 Å². The molecule has 1 fully saturated rings. The van der Waals surface area contributed by atoms with Gasteiger partial charge < -0.3 is 14.8 Å². The fourth-order valence-corrected chi connectivity index (χ4v) is 4.63. The highest BCUT2D eigenvalue weighted by molar-refractivity contribution is 6.31. The minimum Gasteiger partial charge on any atom is -0.491 e. The van der Waals surface area contributed by atoms with Crippen molar-refractivity contribution in [2.45, 2.75) is 51.0 Å². The summed E-state index contributed by atoms with van der Waals surface area (Å²) in [7, 11) is 0. The molecule has 1 aliphatic carbocycles. The smallest absolute Gasteiger partial charge is 0.339 e. The number of esters is 1. The molecule has 0 aromatic heterocycles. The number of benzene rings is 2. The van der Waals surface area contributed by atoms with Gasteiger partial charge in [-0.25, -0.2) is 4.79 Å². The molecule has 2 aliphatic rings. The van der Waals surface area contributed by atoms with Crippen LogP contribution in [-0.2, 0) is 16.0 Å². The van der Waals surface area contributed by atoms with Crippen LogP contribution < -0.4 is 10.1 Å². The van der Waals surface area contributed by atoms with Crippen LogP contribution in [-0.4, -0.2) is 24.6 Å². The predicted molar refractivity (Wildman–Crippen MR) is 121 cm³/mol. The fourth-order valence-electron chi connectivity index (χ4n) is 4.26. The zero-order chi connectivity index (χ0) is 21.8. The quantitative estimate of drug-likeness (QED) is 0.530. The zero-order valence-electron chi connectivity index (χ0n) is 17.2. The van der Waals surface area contributed by atoms with Crippen LogP contribution in [0.4, 0.5) is 5.69 Å². The van der Waals surface area contributed by atoms with Crippen molar-refractivity contribution in [2.24, 2.45) is 5.92 Å². The minimum atomic E-state index is -0.951. The molecule has 7 heteroatoms. The van der Waals surface area contributed by atoms with Gasteiger partial charge in [-0.15, -0.1) is 0 Å². The van der Waals surface area contributed by atoms with Crippen LogP contribution in [0.3, 0.4) is 0 Å². The van der Waals surface area contributed by atoms with Crippen molar-refractivity contribution in [3.8, 4) is 5.75 Å². The number of amides is 1. The van der Waals surface area contributed by atoms with E-state index in [0.29, 0.717) is 45.1 Å². The van der Waals surface area contributed by atoms with Crippen LogP contribution in [0, 0.1) is 5.92 Å². The number of hydrogen-bond donors (Lipinski definition) is 1. The molecule has 2 aromatic carbocycles. The van der Waals surface area contributed by atoms with Crippen LogP contribution in [0.15, 0.2) is 36.4 Å². The lowest BCUT2D eigenvalue weighted by molar-refractivity contribution is -0.125. The molecule has 1 heterocycles. The Kier molecular flexibility index (Phi) is 7.03. The second kappa shape index (κ2) is 9.92. The summed E-state index contributed by atoms with van der Waals surface area (Å²) < 4.78 is 11.3. The van der Waals surface area contributed by atoms with E-state index in [4.69, 9.17) is 32.7 Å². The first-order valence-corrected chi connectivity index (χ1v) is 11.5. The Morgan fingerprint density at radius 3 is 2.61 bits per heavy atom. The lowest BCUT2D eigenvalue weighted by Crippen LogP contribution is -2.38. The molecule has 1 atom stereocenters. The van der Waals surface area contributed by atoms with Crippen LogP contribution in [0.25, 0.3) is 0 Å². The molecule has 1 saturated carbocycles. The van der Waals surface area contributed by atoms with Gasteiger partial charge in [-0.05, 0) is 54.3 Å². The maximum atomic E-state index is 12.9. The van der Waals surface area contributed by atoms with E-state index < -0.39 is 18.0 Å². The average molecular weight is 462 g/mol. The van der Waals surface area contributed by atoms with Crippen molar-refractivity contribution in [3.05, 3.63) is 57.6 Å². The van der Waals surface area contributed by atoms with E-state index >= 15 is 0 Å². The van der Waals surface area contributed by atoms with Gasteiger partial charge >= 0.3 is 5.97 Å². The monoisotopic (exact) mass is 461 g/mol. The number of carbonyl (C=O) groups excluding carboxylic acids is 2. The number of halogens is 2. The maximum absolute atomic E-state index is 12.9. The number of nitrogens with one attached hydrogen (secondary N) is 1. The van der Waals surface area contributed by atoms with Gasteiger partial charge in [0.05, 0.1) is 17.9 Å². The average Bonchev–Trinajstić information content (AvgIpc) is 2.75. The molecule has 164 valence electrons. The zero-order valence-corrected chi connectivity index (χ0v) is 18.7. The Balaban J connectivity index is 1.41. The second-order valence-electron chi connectivity index (χ2n) is 8.17. The highest BCUT2D eigenvalue weighted by Gasteiger charge is 2.32. The summed E-state index contributed by atoms with van der Waals surface area (Å²) in [6, 6.07) is 10.1. The minimum absolute atomic E-state index is 0.256. The van der Waals surface area contributed by atoms with E-state index in [9.17, 15) is 9.59 Å². The third-order valence-corrected chi connectivity index (χ3v) is 6.41. The topological polar surface area (TPSA) is 64.6 Å². The van der Waals surface area contributed by atoms with Gasteiger partial charge in [0, 0.05) is 16.5 Å². The van der Waals surface area contributed by atoms with Crippen molar-refractivity contribution in [2.75, 3.05) is 11.9 Å². The number of carbonyl (C=O) groups is 2. The molecule has 31 heavy (non-hydrogen) atoms. The molecule has 0 bridgehead atoms. The predicted octanol–water partition coefficient (Wildman–Crippen LogP) is 6.06. The van der Waals surface area contributed by atoms with Gasteiger partial charge in [0.15, 0.2) is 6.10 Å². The second-order valence-corrected chi connectivity index (χ2v) is 9.04. The molecule has 0 radical (unpaired) electrons. The summed E-state index contributed by atoms with van der Waals surface area (Å²) in [5.74, 6) is 0.290. The van der Waals surface area contributed by atoms with Crippen molar-refractivity contribution in [1.82, 2.24) is 0 Å². The van der Waals surface area contributed by atoms with E-state index in [-0.39, 0.29) is 6.42 Å². The highest BCUT2D eigenvalue weighted by Crippen LogP contribution is 2.31. The van der Waals surface area contributed by atoms with Crippen LogP contribution in [0.5, 0.6) is 5.75 Å². The summed E-state index contributed by atoms with van der Waals surface area (Å²) in [5.41, 5.74) is 1.59. The lowest BCUT2D eigenvalue weighted by Gasteiger charge is -2.24. The summed E-state index contributed by atoms with van der Waals surface area (Å²) in [5, 5.41) is 3.81. The fraction of sp³-hybridized carbons (Fsp3) is 0.417. The van der Waals surface area contributed by atoms with Crippen molar-refractivity contribution in [1.29, 1.82) is 0 Å². The number of fused-ring (bicyclic) bond motifs is 1. The lowest BCUT2D eigenvalue weighted by atomic mass is 9.87. The molecule has 2 aromatic rings. The van der Waals surface area contributed by atoms with E-state index in [0.717, 1.165) is 6.42 Å². The Bertz CT molecular complexity index is 972. The number of hydrogen-bond acceptors (Lipinski definition) is 4. The molecule has 4 rings (SSSR count). The van der Waals surface area contributed by atoms with Gasteiger partial charge in [-0.3, -0.25) is 4.79 Å². The number of rotatable bonds is 6. The van der Waals surface area contributed by atoms with Gasteiger partial charge in [-0.1, -0.05) is 55.3 Å². The maximum Gasteiger partial charge on any atom is 0.339 e. The number of anilines is 1. The summed E-state index contributed by atoms with van der Waals surface area (Å²) >= 11 is 12.2. The standard InChI is InChI=1S/C24H25Cl2NO4/c25-17-6-8-19-16(12-17)13-22(31-24(19)29)23(28)27-20-14-18(26)7-9-21(20)30-11-10-15-4-2-1-3-5-15/h6-9,12,14-15,22H,1-5,10-11,13H2,(H,27,28). The first-order chi connectivity index (χ1) is 15.0. The highest BCUT2D eigenvalue weighted by atomic mass is 35.5. The van der Waals surface area contributed by atoms with Crippen LogP contribution in [0.1, 0.15) is 54.4 Å². The molecule has 0 saturated heterocycles. The van der Waals surface area contributed by atoms with Crippen molar-refractivity contribution < 1.29 is 19.1 Å². The molecule has 1 unspecified atom stereocenters. The van der Waals surface area contributed by atoms with E-state index in [1.165, 1.54) is 32.1 Å². The molecule has 1 aliphatic heterocycles. The van der Waals surface area contributed by atoms with Crippen LogP contribution >= 0.6 is 23.2 Å². The molecule has 1 N–H and O–H groups in total. The van der Waals surface area contributed by atoms with Gasteiger partial charge in [0.25, 0.3) is 5.91 Å². The summed E-state index contributed by atoms with van der Waals surface area (Å²) in [6.45, 7) is 0.583. The van der Waals surface area contributed by atoms with E-state index in [2.05, 4.69) is 5.32 Å². The number of ether oxygens (including phenoxy) is 2. The van der Waals surface area contributed by atoms with E-state index in [1.807, 2.05) is 0 Å². The largest absolute Gasteiger partial charge is 0.491 e. The Labute approximate surface area is 192 Å². The molecule has 5 nitrogen and oxygen atoms in total. The van der Waals surface area contributed by atoms with Crippen molar-refractivity contribution >= 4 is 40.8 Å². The third kappa shape index (κ3) is 5.52. The number of cyclic esters (lactones) is 1. The molecular weight excluding hydrogens is 437 g/mol. The Hall–Kier alpha value is -2.24. The molecular formula is C24H25Cl2NO4. The SMILES string of the molecule is O=C1OC(C(=O)Nc2cc(Cl)ccc2OCCC2CCCCC2)Cc2cc(Cl)ccc21. The van der Waals surface area contributed by atoms with Crippen molar-refractivity contribution in [3.63, 3.8) is 0 Å². The summed E-state index contributed by atoms with van der Waals surface area (Å²) in [6.07, 6.45) is 6.72. The normalized spacial score (nSPS) is 18.8. The molecule has 0 spiro atoms. The van der Waals surface area contributed by atoms with Gasteiger partial charge in [-0.2, -0.15) is 0 Å². The first kappa shape index (κ1) is 22.0. The van der Waals surface area contributed by atoms with E-state index in [1.54, 1.807) is 36.4 Å². The Morgan fingerprint density at radius 2 is 1.81 bits per heavy atom. The van der Waals surface area contributed by atoms with Gasteiger partial charge in [0.2, 0.25) is 0 Å². The Morgan fingerprint density at radius 1 is 1.06 bits per heavy atom. The third-order valence-electron chi connectivity index (χ3n) is 5.94. The van der Waals surface area contributed by atoms with Crippen LogP contribution in [0.2, 0.25) is 10.0 Å².